The predicted molar refractivity (Wildman–Crippen MR) is 103 cm³/mol. The van der Waals surface area contributed by atoms with Crippen molar-refractivity contribution in [2.45, 2.75) is 24.8 Å². The minimum Gasteiger partial charge on any atom is -0.352 e. The van der Waals surface area contributed by atoms with Crippen molar-refractivity contribution in [3.63, 3.8) is 0 Å². The van der Waals surface area contributed by atoms with Crippen LogP contribution in [0.15, 0.2) is 53.4 Å². The van der Waals surface area contributed by atoms with E-state index in [0.717, 1.165) is 24.1 Å². The number of carbonyl (C=O) groups excluding carboxylic acids is 1. The molecule has 2 aromatic carbocycles. The molecule has 140 valence electrons. The molecule has 0 saturated carbocycles. The number of benzene rings is 2. The van der Waals surface area contributed by atoms with E-state index in [-0.39, 0.29) is 17.3 Å². The molecule has 0 aliphatic heterocycles. The van der Waals surface area contributed by atoms with Crippen LogP contribution in [0.2, 0.25) is 0 Å². The van der Waals surface area contributed by atoms with Gasteiger partial charge in [-0.05, 0) is 50.2 Å². The maximum atomic E-state index is 12.5. The van der Waals surface area contributed by atoms with E-state index in [0.29, 0.717) is 12.1 Å². The summed E-state index contributed by atoms with van der Waals surface area (Å²) in [5.41, 5.74) is 1.97. The zero-order valence-electron chi connectivity index (χ0n) is 15.1. The van der Waals surface area contributed by atoms with Gasteiger partial charge in [-0.3, -0.25) is 4.79 Å². The molecule has 7 heteroatoms. The molecule has 0 aliphatic rings. The second-order valence-corrected chi connectivity index (χ2v) is 7.77. The fraction of sp³-hybridized carbons (Fsp3) is 0.316. The van der Waals surface area contributed by atoms with Crippen LogP contribution >= 0.6 is 0 Å². The van der Waals surface area contributed by atoms with Crippen LogP contribution < -0.4 is 15.4 Å². The molecule has 0 radical (unpaired) electrons. The van der Waals surface area contributed by atoms with Gasteiger partial charge in [0.25, 0.3) is 5.91 Å². The Morgan fingerprint density at radius 1 is 1.04 bits per heavy atom. The topological polar surface area (TPSA) is 87.3 Å². The largest absolute Gasteiger partial charge is 0.352 e. The van der Waals surface area contributed by atoms with Crippen LogP contribution in [0.25, 0.3) is 0 Å². The first-order valence-electron chi connectivity index (χ1n) is 8.51. The average Bonchev–Trinajstić information content (AvgIpc) is 2.64. The van der Waals surface area contributed by atoms with Gasteiger partial charge in [-0.25, -0.2) is 13.1 Å². The van der Waals surface area contributed by atoms with Gasteiger partial charge < -0.3 is 10.6 Å². The van der Waals surface area contributed by atoms with Gasteiger partial charge in [0.15, 0.2) is 0 Å². The van der Waals surface area contributed by atoms with Crippen molar-refractivity contribution in [1.29, 1.82) is 0 Å². The average molecular weight is 375 g/mol. The maximum Gasteiger partial charge on any atom is 0.251 e. The van der Waals surface area contributed by atoms with Gasteiger partial charge in [-0.1, -0.05) is 36.4 Å². The van der Waals surface area contributed by atoms with E-state index in [1.165, 1.54) is 12.1 Å². The van der Waals surface area contributed by atoms with Crippen molar-refractivity contribution in [3.05, 3.63) is 65.2 Å². The summed E-state index contributed by atoms with van der Waals surface area (Å²) in [6.07, 6.45) is 0.803. The number of aryl methyl sites for hydroxylation is 1. The molecule has 3 N–H and O–H groups in total. The summed E-state index contributed by atoms with van der Waals surface area (Å²) in [5, 5.41) is 5.83. The molecule has 0 bridgehead atoms. The number of hydrogen-bond acceptors (Lipinski definition) is 4. The first kappa shape index (κ1) is 20.1. The molecule has 0 spiro atoms. The van der Waals surface area contributed by atoms with Crippen molar-refractivity contribution in [3.8, 4) is 0 Å². The molecule has 0 heterocycles. The quantitative estimate of drug-likeness (QED) is 0.584. The molecule has 6 nitrogen and oxygen atoms in total. The number of rotatable bonds is 9. The molecule has 2 aromatic rings. The summed E-state index contributed by atoms with van der Waals surface area (Å²) in [7, 11) is -1.85. The molecule has 1 amide bonds. The Hall–Kier alpha value is -2.22. The third-order valence-electron chi connectivity index (χ3n) is 3.96. The van der Waals surface area contributed by atoms with E-state index < -0.39 is 10.0 Å². The van der Waals surface area contributed by atoms with Crippen molar-refractivity contribution < 1.29 is 13.2 Å². The lowest BCUT2D eigenvalue weighted by Crippen LogP contribution is -2.28. The Kier molecular flexibility index (Phi) is 7.32. The Morgan fingerprint density at radius 3 is 2.46 bits per heavy atom. The van der Waals surface area contributed by atoms with Gasteiger partial charge in [-0.15, -0.1) is 0 Å². The van der Waals surface area contributed by atoms with Crippen LogP contribution in [-0.4, -0.2) is 34.5 Å². The summed E-state index contributed by atoms with van der Waals surface area (Å²) in [5.74, 6) is -0.265. The summed E-state index contributed by atoms with van der Waals surface area (Å²) in [6, 6.07) is 13.9. The fourth-order valence-corrected chi connectivity index (χ4v) is 3.48. The first-order chi connectivity index (χ1) is 12.4. The number of nitrogens with one attached hydrogen (secondary N) is 3. The molecule has 26 heavy (non-hydrogen) atoms. The maximum absolute atomic E-state index is 12.5. The minimum absolute atomic E-state index is 0.0828. The summed E-state index contributed by atoms with van der Waals surface area (Å²) < 4.78 is 27.6. The highest BCUT2D eigenvalue weighted by molar-refractivity contribution is 7.89. The first-order valence-corrected chi connectivity index (χ1v) is 9.99. The summed E-state index contributed by atoms with van der Waals surface area (Å²) in [6.45, 7) is 3.32. The van der Waals surface area contributed by atoms with Crippen LogP contribution in [0.4, 0.5) is 0 Å². The van der Waals surface area contributed by atoms with Crippen molar-refractivity contribution >= 4 is 15.9 Å². The van der Waals surface area contributed by atoms with Gasteiger partial charge in [-0.2, -0.15) is 0 Å². The van der Waals surface area contributed by atoms with Crippen molar-refractivity contribution in [2.24, 2.45) is 0 Å². The van der Waals surface area contributed by atoms with Gasteiger partial charge in [0.05, 0.1) is 4.90 Å². The Bertz CT molecular complexity index is 836. The fourth-order valence-electron chi connectivity index (χ4n) is 2.43. The highest BCUT2D eigenvalue weighted by Crippen LogP contribution is 2.16. The van der Waals surface area contributed by atoms with Crippen molar-refractivity contribution in [2.75, 3.05) is 20.1 Å². The number of amides is 1. The lowest BCUT2D eigenvalue weighted by molar-refractivity contribution is 0.0952. The van der Waals surface area contributed by atoms with Crippen molar-refractivity contribution in [1.82, 2.24) is 15.4 Å². The van der Waals surface area contributed by atoms with Crippen LogP contribution in [0.3, 0.4) is 0 Å². The molecule has 2 rings (SSSR count). The SMILES string of the molecule is CNCCCNC(=O)c1cc(S(=O)(=O)NCc2ccccc2)ccc1C. The molecule has 0 unspecified atom stereocenters. The molecular formula is C19H25N3O3S. The van der Waals surface area contributed by atoms with Crippen LogP contribution in [0.5, 0.6) is 0 Å². The van der Waals surface area contributed by atoms with Crippen LogP contribution in [0, 0.1) is 6.92 Å². The molecule has 0 atom stereocenters. The third kappa shape index (κ3) is 5.66. The smallest absolute Gasteiger partial charge is 0.251 e. The zero-order valence-corrected chi connectivity index (χ0v) is 15.9. The Morgan fingerprint density at radius 2 is 1.77 bits per heavy atom. The van der Waals surface area contributed by atoms with Gasteiger partial charge in [0, 0.05) is 18.7 Å². The monoisotopic (exact) mass is 375 g/mol. The van der Waals surface area contributed by atoms with Gasteiger partial charge >= 0.3 is 0 Å². The predicted octanol–water partition coefficient (Wildman–Crippen LogP) is 1.81. The number of carbonyl (C=O) groups is 1. The number of sulfonamides is 1. The Labute approximate surface area is 155 Å². The van der Waals surface area contributed by atoms with E-state index in [9.17, 15) is 13.2 Å². The molecule has 0 aliphatic carbocycles. The van der Waals surface area contributed by atoms with Gasteiger partial charge in [0.2, 0.25) is 10.0 Å². The van der Waals surface area contributed by atoms with Crippen LogP contribution in [-0.2, 0) is 16.6 Å². The normalized spacial score (nSPS) is 11.3. The zero-order chi connectivity index (χ0) is 19.0. The molecule has 0 aromatic heterocycles. The highest BCUT2D eigenvalue weighted by Gasteiger charge is 2.17. The molecule has 0 fully saturated rings. The molecular weight excluding hydrogens is 350 g/mol. The number of hydrogen-bond donors (Lipinski definition) is 3. The van der Waals surface area contributed by atoms with E-state index in [1.807, 2.05) is 37.4 Å². The van der Waals surface area contributed by atoms with E-state index in [4.69, 9.17) is 0 Å². The Balaban J connectivity index is 2.10. The lowest BCUT2D eigenvalue weighted by atomic mass is 10.1. The van der Waals surface area contributed by atoms with Gasteiger partial charge in [0.1, 0.15) is 0 Å². The summed E-state index contributed by atoms with van der Waals surface area (Å²) >= 11 is 0. The third-order valence-corrected chi connectivity index (χ3v) is 5.36. The van der Waals surface area contributed by atoms with E-state index in [2.05, 4.69) is 15.4 Å². The standard InChI is InChI=1S/C19H25N3O3S/c1-15-9-10-17(13-18(15)19(23)21-12-6-11-20-2)26(24,25)22-14-16-7-4-3-5-8-16/h3-5,7-10,13,20,22H,6,11-12,14H2,1-2H3,(H,21,23). The van der Waals surface area contributed by atoms with E-state index >= 15 is 0 Å². The summed E-state index contributed by atoms with van der Waals surface area (Å²) in [4.78, 5) is 12.4. The highest BCUT2D eigenvalue weighted by atomic mass is 32.2. The van der Waals surface area contributed by atoms with E-state index in [1.54, 1.807) is 13.0 Å². The molecule has 0 saturated heterocycles. The second kappa shape index (κ2) is 9.47. The minimum atomic E-state index is -3.70. The van der Waals surface area contributed by atoms with Crippen LogP contribution in [0.1, 0.15) is 27.9 Å². The lowest BCUT2D eigenvalue weighted by Gasteiger charge is -2.11. The second-order valence-electron chi connectivity index (χ2n) is 6.00.